The summed E-state index contributed by atoms with van der Waals surface area (Å²) in [6.45, 7) is 1.58. The molecule has 2 heterocycles. The number of nitrogens with one attached hydrogen (secondary N) is 1. The molecule has 0 fully saturated rings. The Balaban J connectivity index is 2.11. The van der Waals surface area contributed by atoms with Gasteiger partial charge < -0.3 is 9.52 Å². The van der Waals surface area contributed by atoms with Crippen LogP contribution in [-0.4, -0.2) is 29.5 Å². The largest absolute Gasteiger partial charge is 0.478 e. The van der Waals surface area contributed by atoms with Crippen molar-refractivity contribution in [2.24, 2.45) is 0 Å². The zero-order valence-electron chi connectivity index (χ0n) is 10.4. The van der Waals surface area contributed by atoms with Crippen LogP contribution in [0.3, 0.4) is 0 Å². The molecular formula is C11H11N3O5S. The normalized spacial score (nSPS) is 11.4. The number of sulfonamides is 1. The van der Waals surface area contributed by atoms with Crippen molar-refractivity contribution in [3.05, 3.63) is 41.7 Å². The molecule has 20 heavy (non-hydrogen) atoms. The van der Waals surface area contributed by atoms with Gasteiger partial charge in [0.2, 0.25) is 5.89 Å². The van der Waals surface area contributed by atoms with Gasteiger partial charge in [-0.25, -0.2) is 27.9 Å². The van der Waals surface area contributed by atoms with E-state index in [4.69, 9.17) is 9.52 Å². The Morgan fingerprint density at radius 1 is 1.35 bits per heavy atom. The fourth-order valence-electron chi connectivity index (χ4n) is 1.38. The molecule has 0 aliphatic rings. The Morgan fingerprint density at radius 2 is 2.10 bits per heavy atom. The highest BCUT2D eigenvalue weighted by Crippen LogP contribution is 2.08. The second-order valence-corrected chi connectivity index (χ2v) is 5.59. The van der Waals surface area contributed by atoms with Gasteiger partial charge in [-0.15, -0.1) is 0 Å². The van der Waals surface area contributed by atoms with E-state index in [1.165, 1.54) is 12.3 Å². The van der Waals surface area contributed by atoms with Crippen LogP contribution in [0.15, 0.2) is 34.0 Å². The van der Waals surface area contributed by atoms with Crippen molar-refractivity contribution < 1.29 is 22.7 Å². The fourth-order valence-corrected chi connectivity index (χ4v) is 2.28. The zero-order chi connectivity index (χ0) is 14.8. The van der Waals surface area contributed by atoms with Crippen molar-refractivity contribution in [3.63, 3.8) is 0 Å². The minimum Gasteiger partial charge on any atom is -0.478 e. The van der Waals surface area contributed by atoms with Crippen LogP contribution in [0.25, 0.3) is 0 Å². The Bertz CT molecular complexity index is 721. The van der Waals surface area contributed by atoms with Gasteiger partial charge in [-0.2, -0.15) is 0 Å². The van der Waals surface area contributed by atoms with E-state index in [1.54, 1.807) is 6.92 Å². The van der Waals surface area contributed by atoms with Crippen molar-refractivity contribution in [1.82, 2.24) is 14.7 Å². The number of hydrogen-bond acceptors (Lipinski definition) is 6. The number of aromatic carboxylic acids is 1. The second kappa shape index (κ2) is 5.39. The quantitative estimate of drug-likeness (QED) is 0.826. The summed E-state index contributed by atoms with van der Waals surface area (Å²) in [5, 5.41) is 8.43. The number of carboxylic acid groups (broad SMARTS) is 1. The zero-order valence-corrected chi connectivity index (χ0v) is 11.2. The van der Waals surface area contributed by atoms with E-state index < -0.39 is 16.0 Å². The molecule has 0 aliphatic heterocycles. The number of nitrogens with zero attached hydrogens (tertiary/aromatic N) is 2. The lowest BCUT2D eigenvalue weighted by Crippen LogP contribution is -2.24. The lowest BCUT2D eigenvalue weighted by molar-refractivity contribution is 0.0696. The molecule has 2 N–H and O–H groups in total. The molecule has 106 valence electrons. The third-order valence-corrected chi connectivity index (χ3v) is 3.66. The SMILES string of the molecule is Cc1cnc(CNS(=O)(=O)c2ccc(C(=O)O)cn2)o1. The molecule has 0 radical (unpaired) electrons. The predicted molar refractivity (Wildman–Crippen MR) is 66.5 cm³/mol. The van der Waals surface area contributed by atoms with Crippen molar-refractivity contribution in [2.75, 3.05) is 0 Å². The molecule has 0 atom stereocenters. The minimum atomic E-state index is -3.85. The summed E-state index contributed by atoms with van der Waals surface area (Å²) in [7, 11) is -3.85. The Morgan fingerprint density at radius 3 is 2.60 bits per heavy atom. The molecule has 2 aromatic rings. The third-order valence-electron chi connectivity index (χ3n) is 2.34. The molecule has 0 aliphatic carbocycles. The van der Waals surface area contributed by atoms with Gasteiger partial charge in [-0.05, 0) is 19.1 Å². The monoisotopic (exact) mass is 297 g/mol. The molecule has 0 amide bonds. The second-order valence-electron chi connectivity index (χ2n) is 3.88. The Hall–Kier alpha value is -2.26. The Kier molecular flexibility index (Phi) is 3.81. The first-order valence-corrected chi connectivity index (χ1v) is 6.97. The highest BCUT2D eigenvalue weighted by Gasteiger charge is 2.17. The number of pyridine rings is 1. The van der Waals surface area contributed by atoms with Gasteiger partial charge in [0, 0.05) is 6.20 Å². The molecular weight excluding hydrogens is 286 g/mol. The third kappa shape index (κ3) is 3.19. The van der Waals surface area contributed by atoms with E-state index in [2.05, 4.69) is 14.7 Å². The Labute approximate surface area is 114 Å². The van der Waals surface area contributed by atoms with Gasteiger partial charge in [0.05, 0.1) is 18.3 Å². The van der Waals surface area contributed by atoms with Crippen molar-refractivity contribution in [1.29, 1.82) is 0 Å². The summed E-state index contributed by atoms with van der Waals surface area (Å²) in [6.07, 6.45) is 2.45. The summed E-state index contributed by atoms with van der Waals surface area (Å²) in [5.41, 5.74) is -0.0905. The van der Waals surface area contributed by atoms with Gasteiger partial charge in [-0.3, -0.25) is 0 Å². The van der Waals surface area contributed by atoms with Gasteiger partial charge >= 0.3 is 5.97 Å². The smallest absolute Gasteiger partial charge is 0.337 e. The first-order valence-electron chi connectivity index (χ1n) is 5.49. The molecule has 0 spiro atoms. The molecule has 0 saturated heterocycles. The van der Waals surface area contributed by atoms with Crippen LogP contribution in [0.1, 0.15) is 22.0 Å². The number of carboxylic acids is 1. The van der Waals surface area contributed by atoms with E-state index in [9.17, 15) is 13.2 Å². The van der Waals surface area contributed by atoms with Gasteiger partial charge in [0.1, 0.15) is 5.76 Å². The van der Waals surface area contributed by atoms with Crippen LogP contribution >= 0.6 is 0 Å². The van der Waals surface area contributed by atoms with E-state index in [-0.39, 0.29) is 23.0 Å². The van der Waals surface area contributed by atoms with Crippen LogP contribution in [0.4, 0.5) is 0 Å². The number of carbonyl (C=O) groups is 1. The topological polar surface area (TPSA) is 122 Å². The lowest BCUT2D eigenvalue weighted by atomic mass is 10.3. The van der Waals surface area contributed by atoms with Gasteiger partial charge in [0.25, 0.3) is 10.0 Å². The van der Waals surface area contributed by atoms with Gasteiger partial charge in [-0.1, -0.05) is 0 Å². The molecule has 9 heteroatoms. The van der Waals surface area contributed by atoms with Crippen LogP contribution in [0, 0.1) is 6.92 Å². The van der Waals surface area contributed by atoms with Crippen LogP contribution in [-0.2, 0) is 16.6 Å². The van der Waals surface area contributed by atoms with Crippen LogP contribution < -0.4 is 4.72 Å². The molecule has 0 aromatic carbocycles. The number of rotatable bonds is 5. The number of aromatic nitrogens is 2. The fraction of sp³-hybridized carbons (Fsp3) is 0.182. The maximum absolute atomic E-state index is 11.9. The maximum Gasteiger partial charge on any atom is 0.337 e. The van der Waals surface area contributed by atoms with E-state index in [1.807, 2.05) is 0 Å². The van der Waals surface area contributed by atoms with Crippen LogP contribution in [0.2, 0.25) is 0 Å². The summed E-state index contributed by atoms with van der Waals surface area (Å²) in [6, 6.07) is 2.28. The first kappa shape index (κ1) is 14.2. The van der Waals surface area contributed by atoms with E-state index in [0.29, 0.717) is 5.76 Å². The summed E-state index contributed by atoms with van der Waals surface area (Å²) in [4.78, 5) is 18.1. The predicted octanol–water partition coefficient (Wildman–Crippen LogP) is 0.555. The molecule has 0 saturated carbocycles. The molecule has 0 unspecified atom stereocenters. The number of aryl methyl sites for hydroxylation is 1. The first-order chi connectivity index (χ1) is 9.38. The van der Waals surface area contributed by atoms with Crippen LogP contribution in [0.5, 0.6) is 0 Å². The molecule has 8 nitrogen and oxygen atoms in total. The van der Waals surface area contributed by atoms with Crippen molar-refractivity contribution in [2.45, 2.75) is 18.5 Å². The highest BCUT2D eigenvalue weighted by atomic mass is 32.2. The van der Waals surface area contributed by atoms with E-state index in [0.717, 1.165) is 12.3 Å². The maximum atomic E-state index is 11.9. The van der Waals surface area contributed by atoms with Crippen molar-refractivity contribution >= 4 is 16.0 Å². The van der Waals surface area contributed by atoms with Crippen molar-refractivity contribution in [3.8, 4) is 0 Å². The number of oxazole rings is 1. The molecule has 0 bridgehead atoms. The standard InChI is InChI=1S/C11H11N3O5S/c1-7-4-12-9(19-7)6-14-20(17,18)10-3-2-8(5-13-10)11(15)16/h2-5,14H,6H2,1H3,(H,15,16). The summed E-state index contributed by atoms with van der Waals surface area (Å²) >= 11 is 0. The number of hydrogen-bond donors (Lipinski definition) is 2. The summed E-state index contributed by atoms with van der Waals surface area (Å²) in [5.74, 6) is -0.374. The average molecular weight is 297 g/mol. The average Bonchev–Trinajstić information content (AvgIpc) is 2.82. The lowest BCUT2D eigenvalue weighted by Gasteiger charge is -2.04. The van der Waals surface area contributed by atoms with E-state index >= 15 is 0 Å². The van der Waals surface area contributed by atoms with Gasteiger partial charge in [0.15, 0.2) is 5.03 Å². The molecule has 2 rings (SSSR count). The minimum absolute atomic E-state index is 0.0905. The summed E-state index contributed by atoms with van der Waals surface area (Å²) < 4.78 is 31.2. The highest BCUT2D eigenvalue weighted by molar-refractivity contribution is 7.89. The molecule has 2 aromatic heterocycles.